The minimum absolute atomic E-state index is 0. The first-order valence-corrected chi connectivity index (χ1v) is 8.34. The van der Waals surface area contributed by atoms with Crippen molar-refractivity contribution in [2.75, 3.05) is 33.9 Å². The van der Waals surface area contributed by atoms with E-state index in [0.29, 0.717) is 29.6 Å². The smallest absolute Gasteiger partial charge is 0.258 e. The Labute approximate surface area is 152 Å². The average molecular weight is 407 g/mol. The van der Waals surface area contributed by atoms with Crippen LogP contribution in [0.4, 0.5) is 0 Å². The fourth-order valence-corrected chi connectivity index (χ4v) is 3.46. The number of methoxy groups -OCH3 is 2. The van der Waals surface area contributed by atoms with Crippen LogP contribution < -0.4 is 27.2 Å². The van der Waals surface area contributed by atoms with Gasteiger partial charge in [0, 0.05) is 12.6 Å². The molecule has 1 aliphatic rings. The predicted molar refractivity (Wildman–Crippen MR) is 89.8 cm³/mol. The number of hydrogen-bond donors (Lipinski definition) is 1. The monoisotopic (exact) mass is 405 g/mol. The molecule has 1 atom stereocenters. The lowest BCUT2D eigenvalue weighted by molar-refractivity contribution is -0.0000139. The first kappa shape index (κ1) is 20.1. The van der Waals surface area contributed by atoms with E-state index in [4.69, 9.17) is 9.47 Å². The molecule has 1 amide bonds. The number of likely N-dealkylation sites (N-methyl/N-ethyl adjacent to an activating group) is 1. The van der Waals surface area contributed by atoms with Crippen LogP contribution in [0.1, 0.15) is 30.1 Å². The van der Waals surface area contributed by atoms with Crippen molar-refractivity contribution >= 4 is 21.8 Å². The van der Waals surface area contributed by atoms with Gasteiger partial charge in [-0.15, -0.1) is 0 Å². The summed E-state index contributed by atoms with van der Waals surface area (Å²) in [5.74, 6) is 0.838. The van der Waals surface area contributed by atoms with Gasteiger partial charge in [0.25, 0.3) is 5.91 Å². The number of halogens is 2. The summed E-state index contributed by atoms with van der Waals surface area (Å²) in [7, 11) is 3.10. The minimum atomic E-state index is -0.169. The highest BCUT2D eigenvalue weighted by Gasteiger charge is 2.25. The average Bonchev–Trinajstić information content (AvgIpc) is 2.99. The van der Waals surface area contributed by atoms with Crippen molar-refractivity contribution in [2.45, 2.75) is 25.8 Å². The maximum atomic E-state index is 12.6. The van der Waals surface area contributed by atoms with Gasteiger partial charge in [-0.25, -0.2) is 0 Å². The van der Waals surface area contributed by atoms with Crippen LogP contribution in [0.25, 0.3) is 0 Å². The Morgan fingerprint density at radius 3 is 2.74 bits per heavy atom. The van der Waals surface area contributed by atoms with Crippen molar-refractivity contribution in [2.24, 2.45) is 0 Å². The first-order valence-electron chi connectivity index (χ1n) is 7.55. The van der Waals surface area contributed by atoms with Crippen LogP contribution >= 0.6 is 15.9 Å². The number of ether oxygens (including phenoxy) is 2. The number of nitrogens with zero attached hydrogens (tertiary/aromatic N) is 1. The molecule has 1 N–H and O–H groups in total. The van der Waals surface area contributed by atoms with Crippen molar-refractivity contribution in [3.8, 4) is 11.5 Å². The largest absolute Gasteiger partial charge is 1.00 e. The zero-order valence-corrected chi connectivity index (χ0v) is 16.0. The quantitative estimate of drug-likeness (QED) is 0.704. The van der Waals surface area contributed by atoms with Gasteiger partial charge in [-0.2, -0.15) is 0 Å². The SMILES string of the molecule is CCN1CCCC1CNC(=O)c1c(OC)ccc(Br)c1OC.[Cl-]. The summed E-state index contributed by atoms with van der Waals surface area (Å²) in [4.78, 5) is 15.0. The molecule has 7 heteroatoms. The zero-order chi connectivity index (χ0) is 16.1. The van der Waals surface area contributed by atoms with Crippen molar-refractivity contribution in [1.29, 1.82) is 0 Å². The Balaban J connectivity index is 0.00000264. The molecule has 130 valence electrons. The second-order valence-corrected chi connectivity index (χ2v) is 6.15. The standard InChI is InChI=1S/C16H23BrN2O3.ClH/c1-4-19-9-5-6-11(19)10-18-16(20)14-13(21-2)8-7-12(17)15(14)22-3;/h7-8,11H,4-6,9-10H2,1-3H3,(H,18,20);1H/p-1. The van der Waals surface area contributed by atoms with Crippen LogP contribution in [0, 0.1) is 0 Å². The third-order valence-electron chi connectivity index (χ3n) is 4.13. The summed E-state index contributed by atoms with van der Waals surface area (Å²) in [5, 5.41) is 3.02. The van der Waals surface area contributed by atoms with Crippen molar-refractivity contribution < 1.29 is 26.7 Å². The number of carbonyl (C=O) groups is 1. The van der Waals surface area contributed by atoms with Gasteiger partial charge in [-0.3, -0.25) is 9.69 Å². The summed E-state index contributed by atoms with van der Waals surface area (Å²) in [6.07, 6.45) is 2.32. The summed E-state index contributed by atoms with van der Waals surface area (Å²) in [6.45, 7) is 4.93. The van der Waals surface area contributed by atoms with Crippen molar-refractivity contribution in [3.05, 3.63) is 22.2 Å². The highest BCUT2D eigenvalue weighted by molar-refractivity contribution is 9.10. The number of hydrogen-bond acceptors (Lipinski definition) is 4. The van der Waals surface area contributed by atoms with E-state index in [1.54, 1.807) is 20.3 Å². The highest BCUT2D eigenvalue weighted by Crippen LogP contribution is 2.35. The van der Waals surface area contributed by atoms with Crippen LogP contribution in [0.5, 0.6) is 11.5 Å². The highest BCUT2D eigenvalue weighted by atomic mass is 79.9. The maximum absolute atomic E-state index is 12.6. The van der Waals surface area contributed by atoms with Crippen LogP contribution in [0.2, 0.25) is 0 Å². The molecule has 0 saturated carbocycles. The molecule has 0 aromatic heterocycles. The van der Waals surface area contributed by atoms with E-state index in [0.717, 1.165) is 24.0 Å². The summed E-state index contributed by atoms with van der Waals surface area (Å²) < 4.78 is 11.4. The van der Waals surface area contributed by atoms with Crippen LogP contribution in [-0.4, -0.2) is 50.7 Å². The number of rotatable bonds is 6. The van der Waals surface area contributed by atoms with Crippen molar-refractivity contribution in [3.63, 3.8) is 0 Å². The minimum Gasteiger partial charge on any atom is -1.00 e. The fourth-order valence-electron chi connectivity index (χ4n) is 2.97. The molecule has 2 rings (SSSR count). The molecular formula is C16H23BrClN2O3-. The maximum Gasteiger partial charge on any atom is 0.258 e. The molecule has 1 aromatic carbocycles. The van der Waals surface area contributed by atoms with E-state index in [1.807, 2.05) is 6.07 Å². The van der Waals surface area contributed by atoms with Crippen LogP contribution in [0.15, 0.2) is 16.6 Å². The first-order chi connectivity index (χ1) is 10.6. The van der Waals surface area contributed by atoms with Crippen LogP contribution in [0.3, 0.4) is 0 Å². The summed E-state index contributed by atoms with van der Waals surface area (Å²) in [5.41, 5.74) is 0.431. The molecule has 0 aliphatic carbocycles. The van der Waals surface area contributed by atoms with Gasteiger partial charge >= 0.3 is 0 Å². The lowest BCUT2D eigenvalue weighted by Crippen LogP contribution is -3.00. The van der Waals surface area contributed by atoms with Gasteiger partial charge in [0.05, 0.1) is 18.7 Å². The number of benzene rings is 1. The van der Waals surface area contributed by atoms with Gasteiger partial charge in [0.2, 0.25) is 0 Å². The molecule has 0 bridgehead atoms. The Bertz CT molecular complexity index is 542. The lowest BCUT2D eigenvalue weighted by Gasteiger charge is -2.23. The molecule has 1 saturated heterocycles. The molecule has 1 aliphatic heterocycles. The number of likely N-dealkylation sites (tertiary alicyclic amines) is 1. The molecule has 1 unspecified atom stereocenters. The Hall–Kier alpha value is -0.980. The third-order valence-corrected chi connectivity index (χ3v) is 4.75. The van der Waals surface area contributed by atoms with E-state index >= 15 is 0 Å². The lowest BCUT2D eigenvalue weighted by atomic mass is 10.1. The topological polar surface area (TPSA) is 50.8 Å². The molecule has 5 nitrogen and oxygen atoms in total. The van der Waals surface area contributed by atoms with Crippen molar-refractivity contribution in [1.82, 2.24) is 10.2 Å². The second-order valence-electron chi connectivity index (χ2n) is 5.29. The van der Waals surface area contributed by atoms with Crippen LogP contribution in [-0.2, 0) is 0 Å². The van der Waals surface area contributed by atoms with E-state index in [-0.39, 0.29) is 18.3 Å². The molecule has 0 spiro atoms. The fraction of sp³-hybridized carbons (Fsp3) is 0.562. The Morgan fingerprint density at radius 1 is 1.39 bits per heavy atom. The molecule has 1 heterocycles. The summed E-state index contributed by atoms with van der Waals surface area (Å²) >= 11 is 3.41. The van der Waals surface area contributed by atoms with Gasteiger partial charge in [0.1, 0.15) is 17.1 Å². The van der Waals surface area contributed by atoms with Gasteiger partial charge in [-0.1, -0.05) is 6.92 Å². The number of nitrogens with one attached hydrogen (secondary N) is 1. The normalized spacial score (nSPS) is 17.5. The van der Waals surface area contributed by atoms with E-state index < -0.39 is 0 Å². The molecule has 0 radical (unpaired) electrons. The number of amides is 1. The number of carbonyl (C=O) groups excluding carboxylic acids is 1. The van der Waals surface area contributed by atoms with E-state index in [2.05, 4.69) is 33.1 Å². The zero-order valence-electron chi connectivity index (χ0n) is 13.7. The van der Waals surface area contributed by atoms with Gasteiger partial charge < -0.3 is 27.2 Å². The predicted octanol–water partition coefficient (Wildman–Crippen LogP) is -0.316. The Kier molecular flexibility index (Phi) is 8.16. The second kappa shape index (κ2) is 9.35. The molecule has 1 fully saturated rings. The Morgan fingerprint density at radius 2 is 2.13 bits per heavy atom. The van der Waals surface area contributed by atoms with Gasteiger partial charge in [-0.05, 0) is 54.0 Å². The van der Waals surface area contributed by atoms with Gasteiger partial charge in [0.15, 0.2) is 0 Å². The molecule has 1 aromatic rings. The van der Waals surface area contributed by atoms with E-state index in [1.165, 1.54) is 6.42 Å². The molecule has 23 heavy (non-hydrogen) atoms. The third kappa shape index (κ3) is 4.52. The summed E-state index contributed by atoms with van der Waals surface area (Å²) in [6, 6.07) is 3.98. The molecular weight excluding hydrogens is 384 g/mol. The van der Waals surface area contributed by atoms with E-state index in [9.17, 15) is 4.79 Å².